The number of benzene rings is 1. The average molecular weight is 233 g/mol. The Hall–Kier alpha value is -0.860. The summed E-state index contributed by atoms with van der Waals surface area (Å²) in [5.74, 6) is 0. The van der Waals surface area contributed by atoms with E-state index in [4.69, 9.17) is 0 Å². The third-order valence-electron chi connectivity index (χ3n) is 4.20. The molecule has 1 saturated heterocycles. The molecular formula is C15H23NO. The zero-order valence-electron chi connectivity index (χ0n) is 11.2. The van der Waals surface area contributed by atoms with Crippen LogP contribution in [-0.4, -0.2) is 36.8 Å². The van der Waals surface area contributed by atoms with Crippen LogP contribution in [0.5, 0.6) is 0 Å². The molecule has 0 aromatic heterocycles. The SMILES string of the molecule is Cc1ccc(C2(CO)CCN(C)CC2)c(C)c1. The van der Waals surface area contributed by atoms with Gasteiger partial charge in [-0.25, -0.2) is 0 Å². The minimum atomic E-state index is -0.00963. The lowest BCUT2D eigenvalue weighted by atomic mass is 9.72. The fraction of sp³-hybridized carbons (Fsp3) is 0.600. The Labute approximate surface area is 104 Å². The Balaban J connectivity index is 2.34. The maximum Gasteiger partial charge on any atom is 0.0529 e. The highest BCUT2D eigenvalue weighted by atomic mass is 16.3. The molecule has 0 atom stereocenters. The first-order valence-corrected chi connectivity index (χ1v) is 6.44. The number of rotatable bonds is 2. The third-order valence-corrected chi connectivity index (χ3v) is 4.20. The van der Waals surface area contributed by atoms with Crippen molar-refractivity contribution in [3.8, 4) is 0 Å². The molecule has 0 bridgehead atoms. The molecule has 0 unspecified atom stereocenters. The number of nitrogens with zero attached hydrogens (tertiary/aromatic N) is 1. The van der Waals surface area contributed by atoms with Crippen LogP contribution in [-0.2, 0) is 5.41 Å². The third kappa shape index (κ3) is 2.38. The molecule has 17 heavy (non-hydrogen) atoms. The van der Waals surface area contributed by atoms with Gasteiger partial charge in [0.15, 0.2) is 0 Å². The lowest BCUT2D eigenvalue weighted by Crippen LogP contribution is -2.43. The van der Waals surface area contributed by atoms with Gasteiger partial charge in [-0.3, -0.25) is 0 Å². The van der Waals surface area contributed by atoms with E-state index >= 15 is 0 Å². The number of aryl methyl sites for hydroxylation is 2. The maximum absolute atomic E-state index is 9.86. The van der Waals surface area contributed by atoms with Gasteiger partial charge < -0.3 is 10.0 Å². The van der Waals surface area contributed by atoms with Crippen molar-refractivity contribution in [1.82, 2.24) is 4.90 Å². The summed E-state index contributed by atoms with van der Waals surface area (Å²) in [6.45, 7) is 6.71. The van der Waals surface area contributed by atoms with Gasteiger partial charge in [0.1, 0.15) is 0 Å². The monoisotopic (exact) mass is 233 g/mol. The Bertz CT molecular complexity index is 392. The first kappa shape index (κ1) is 12.6. The summed E-state index contributed by atoms with van der Waals surface area (Å²) < 4.78 is 0. The summed E-state index contributed by atoms with van der Waals surface area (Å²) in [5, 5.41) is 9.86. The first-order valence-electron chi connectivity index (χ1n) is 6.44. The van der Waals surface area contributed by atoms with E-state index in [0.29, 0.717) is 0 Å². The smallest absolute Gasteiger partial charge is 0.0529 e. The molecule has 0 amide bonds. The van der Waals surface area contributed by atoms with E-state index in [1.54, 1.807) is 0 Å². The van der Waals surface area contributed by atoms with E-state index in [1.165, 1.54) is 16.7 Å². The highest BCUT2D eigenvalue weighted by Crippen LogP contribution is 2.36. The molecule has 1 aromatic carbocycles. The summed E-state index contributed by atoms with van der Waals surface area (Å²) in [5.41, 5.74) is 3.96. The van der Waals surface area contributed by atoms with E-state index in [0.717, 1.165) is 25.9 Å². The Morgan fingerprint density at radius 1 is 1.24 bits per heavy atom. The summed E-state index contributed by atoms with van der Waals surface area (Å²) in [7, 11) is 2.16. The zero-order chi connectivity index (χ0) is 12.5. The molecular weight excluding hydrogens is 210 g/mol. The molecule has 2 rings (SSSR count). The molecule has 2 heteroatoms. The standard InChI is InChI=1S/C15H23NO/c1-12-4-5-14(13(2)10-12)15(11-17)6-8-16(3)9-7-15/h4-5,10,17H,6-9,11H2,1-3H3. The second-order valence-corrected chi connectivity index (χ2v) is 5.56. The van der Waals surface area contributed by atoms with Gasteiger partial charge in [0.25, 0.3) is 0 Å². The van der Waals surface area contributed by atoms with E-state index in [9.17, 15) is 5.11 Å². The predicted octanol–water partition coefficient (Wildman–Crippen LogP) is 2.26. The van der Waals surface area contributed by atoms with Crippen molar-refractivity contribution in [2.24, 2.45) is 0 Å². The summed E-state index contributed by atoms with van der Waals surface area (Å²) >= 11 is 0. The molecule has 94 valence electrons. The van der Waals surface area contributed by atoms with Gasteiger partial charge in [-0.1, -0.05) is 23.8 Å². The van der Waals surface area contributed by atoms with Gasteiger partial charge in [0.05, 0.1) is 6.61 Å². The highest BCUT2D eigenvalue weighted by molar-refractivity contribution is 5.37. The summed E-state index contributed by atoms with van der Waals surface area (Å²) in [6.07, 6.45) is 2.12. The number of aliphatic hydroxyl groups is 1. The highest BCUT2D eigenvalue weighted by Gasteiger charge is 2.35. The second-order valence-electron chi connectivity index (χ2n) is 5.56. The van der Waals surface area contributed by atoms with Crippen molar-refractivity contribution in [3.63, 3.8) is 0 Å². The van der Waals surface area contributed by atoms with Crippen LogP contribution >= 0.6 is 0 Å². The van der Waals surface area contributed by atoms with Crippen LogP contribution < -0.4 is 0 Å². The van der Waals surface area contributed by atoms with E-state index < -0.39 is 0 Å². The molecule has 1 aliphatic rings. The molecule has 0 saturated carbocycles. The fourth-order valence-corrected chi connectivity index (χ4v) is 2.97. The summed E-state index contributed by atoms with van der Waals surface area (Å²) in [4.78, 5) is 2.34. The normalized spacial score (nSPS) is 20.5. The van der Waals surface area contributed by atoms with Crippen molar-refractivity contribution in [2.75, 3.05) is 26.7 Å². The minimum absolute atomic E-state index is 0.00963. The molecule has 1 aromatic rings. The van der Waals surface area contributed by atoms with Crippen molar-refractivity contribution >= 4 is 0 Å². The van der Waals surface area contributed by atoms with Crippen molar-refractivity contribution in [1.29, 1.82) is 0 Å². The topological polar surface area (TPSA) is 23.5 Å². The van der Waals surface area contributed by atoms with Crippen LogP contribution in [0.1, 0.15) is 29.5 Å². The largest absolute Gasteiger partial charge is 0.395 e. The zero-order valence-corrected chi connectivity index (χ0v) is 11.2. The van der Waals surface area contributed by atoms with Crippen LogP contribution in [0.3, 0.4) is 0 Å². The van der Waals surface area contributed by atoms with Gasteiger partial charge in [0, 0.05) is 5.41 Å². The van der Waals surface area contributed by atoms with Gasteiger partial charge in [-0.05, 0) is 58.0 Å². The minimum Gasteiger partial charge on any atom is -0.395 e. The van der Waals surface area contributed by atoms with Gasteiger partial charge >= 0.3 is 0 Å². The first-order chi connectivity index (χ1) is 8.07. The van der Waals surface area contributed by atoms with Crippen molar-refractivity contribution < 1.29 is 5.11 Å². The number of hydrogen-bond acceptors (Lipinski definition) is 2. The molecule has 0 spiro atoms. The number of aliphatic hydroxyl groups excluding tert-OH is 1. The fourth-order valence-electron chi connectivity index (χ4n) is 2.97. The van der Waals surface area contributed by atoms with Crippen molar-refractivity contribution in [2.45, 2.75) is 32.1 Å². The predicted molar refractivity (Wildman–Crippen MR) is 71.4 cm³/mol. The van der Waals surface area contributed by atoms with Crippen LogP contribution in [0, 0.1) is 13.8 Å². The van der Waals surface area contributed by atoms with Crippen molar-refractivity contribution in [3.05, 3.63) is 34.9 Å². The van der Waals surface area contributed by atoms with Crippen LogP contribution in [0.15, 0.2) is 18.2 Å². The lowest BCUT2D eigenvalue weighted by Gasteiger charge is -2.40. The Morgan fingerprint density at radius 3 is 2.41 bits per heavy atom. The number of piperidine rings is 1. The van der Waals surface area contributed by atoms with Crippen LogP contribution in [0.4, 0.5) is 0 Å². The maximum atomic E-state index is 9.86. The molecule has 1 N–H and O–H groups in total. The number of likely N-dealkylation sites (tertiary alicyclic amines) is 1. The molecule has 1 heterocycles. The second kappa shape index (κ2) is 4.79. The quantitative estimate of drug-likeness (QED) is 0.847. The summed E-state index contributed by atoms with van der Waals surface area (Å²) in [6, 6.07) is 6.61. The lowest BCUT2D eigenvalue weighted by molar-refractivity contribution is 0.114. The Kier molecular flexibility index (Phi) is 3.55. The molecule has 0 aliphatic carbocycles. The molecule has 1 fully saturated rings. The average Bonchev–Trinajstić information content (AvgIpc) is 2.31. The Morgan fingerprint density at radius 2 is 1.88 bits per heavy atom. The van der Waals surface area contributed by atoms with E-state index in [-0.39, 0.29) is 12.0 Å². The molecule has 1 aliphatic heterocycles. The van der Waals surface area contributed by atoms with Crippen LogP contribution in [0.25, 0.3) is 0 Å². The number of hydrogen-bond donors (Lipinski definition) is 1. The van der Waals surface area contributed by atoms with E-state index in [2.05, 4.69) is 44.0 Å². The van der Waals surface area contributed by atoms with E-state index in [1.807, 2.05) is 0 Å². The van der Waals surface area contributed by atoms with Gasteiger partial charge in [0.2, 0.25) is 0 Å². The van der Waals surface area contributed by atoms with Gasteiger partial charge in [-0.15, -0.1) is 0 Å². The van der Waals surface area contributed by atoms with Crippen LogP contribution in [0.2, 0.25) is 0 Å². The molecule has 2 nitrogen and oxygen atoms in total. The molecule has 0 radical (unpaired) electrons. The van der Waals surface area contributed by atoms with Gasteiger partial charge in [-0.2, -0.15) is 0 Å².